The quantitative estimate of drug-likeness (QED) is 0.352. The lowest BCUT2D eigenvalue weighted by Gasteiger charge is -2.08. The molecule has 0 spiro atoms. The Morgan fingerprint density at radius 1 is 0.714 bits per heavy atom. The molecule has 0 saturated heterocycles. The summed E-state index contributed by atoms with van der Waals surface area (Å²) in [5.41, 5.74) is 10.3. The predicted octanol–water partition coefficient (Wildman–Crippen LogP) is 5.16. The Morgan fingerprint density at radius 3 is 2.46 bits per heavy atom. The molecule has 1 aliphatic carbocycles. The normalized spacial score (nSPS) is 12.9. The van der Waals surface area contributed by atoms with Crippen molar-refractivity contribution >= 4 is 38.6 Å². The minimum absolute atomic E-state index is 0.913. The maximum atomic E-state index is 5.02. The third kappa shape index (κ3) is 1.63. The molecule has 4 heteroatoms. The molecule has 0 unspecified atom stereocenters. The fraction of sp³-hybridized carbons (Fsp3) is 0.0417. The molecule has 0 atom stereocenters. The van der Waals surface area contributed by atoms with E-state index < -0.39 is 0 Å². The third-order valence-corrected chi connectivity index (χ3v) is 5.90. The van der Waals surface area contributed by atoms with E-state index in [0.717, 1.165) is 45.0 Å². The summed E-state index contributed by atoms with van der Waals surface area (Å²) in [6.07, 6.45) is 4.61. The highest BCUT2D eigenvalue weighted by Crippen LogP contribution is 2.41. The Labute approximate surface area is 160 Å². The first kappa shape index (κ1) is 14.3. The molecule has 1 aliphatic rings. The van der Waals surface area contributed by atoms with E-state index in [0.29, 0.717) is 0 Å². The van der Waals surface area contributed by atoms with E-state index in [4.69, 9.17) is 9.97 Å². The summed E-state index contributed by atoms with van der Waals surface area (Å²) in [6.45, 7) is 0. The van der Waals surface area contributed by atoms with Crippen LogP contribution < -0.4 is 0 Å². The maximum absolute atomic E-state index is 5.02. The highest BCUT2D eigenvalue weighted by molar-refractivity contribution is 6.11. The van der Waals surface area contributed by atoms with Crippen LogP contribution in [0.15, 0.2) is 73.1 Å². The topological polar surface area (TPSA) is 43.1 Å². The van der Waals surface area contributed by atoms with Gasteiger partial charge in [-0.2, -0.15) is 0 Å². The number of hydrogen-bond acceptors (Lipinski definition) is 3. The summed E-state index contributed by atoms with van der Waals surface area (Å²) in [5, 5.41) is 2.11. The molecule has 0 saturated carbocycles. The van der Waals surface area contributed by atoms with Gasteiger partial charge in [0.15, 0.2) is 0 Å². The van der Waals surface area contributed by atoms with E-state index in [9.17, 15) is 0 Å². The monoisotopic (exact) mass is 358 g/mol. The Balaban J connectivity index is 1.76. The van der Waals surface area contributed by atoms with Crippen molar-refractivity contribution in [3.63, 3.8) is 0 Å². The van der Waals surface area contributed by atoms with Crippen LogP contribution in [-0.4, -0.2) is 19.4 Å². The lowest BCUT2D eigenvalue weighted by Crippen LogP contribution is -1.96. The number of benzene rings is 2. The smallest absolute Gasteiger partial charge is 0.149 e. The number of aromatic nitrogens is 4. The summed E-state index contributed by atoms with van der Waals surface area (Å²) in [6, 6.07) is 21.2. The fourth-order valence-corrected chi connectivity index (χ4v) is 4.74. The Kier molecular flexibility index (Phi) is 2.51. The molecule has 28 heavy (non-hydrogen) atoms. The van der Waals surface area contributed by atoms with Crippen molar-refractivity contribution in [1.29, 1.82) is 0 Å². The number of pyridine rings is 3. The van der Waals surface area contributed by atoms with Crippen molar-refractivity contribution < 1.29 is 0 Å². The van der Waals surface area contributed by atoms with Gasteiger partial charge >= 0.3 is 0 Å². The lowest BCUT2D eigenvalue weighted by atomic mass is 10.1. The summed E-state index contributed by atoms with van der Waals surface area (Å²) >= 11 is 0. The van der Waals surface area contributed by atoms with Crippen LogP contribution in [0.4, 0.5) is 0 Å². The van der Waals surface area contributed by atoms with Crippen molar-refractivity contribution in [2.75, 3.05) is 0 Å². The van der Waals surface area contributed by atoms with E-state index in [2.05, 4.69) is 57.9 Å². The lowest BCUT2D eigenvalue weighted by molar-refractivity contribution is 1.20. The van der Waals surface area contributed by atoms with Crippen LogP contribution in [-0.2, 0) is 6.42 Å². The van der Waals surface area contributed by atoms with Crippen molar-refractivity contribution in [1.82, 2.24) is 19.4 Å². The van der Waals surface area contributed by atoms with E-state index in [1.807, 2.05) is 24.5 Å². The van der Waals surface area contributed by atoms with Crippen molar-refractivity contribution in [3.8, 4) is 11.1 Å². The molecular weight excluding hydrogens is 344 g/mol. The maximum Gasteiger partial charge on any atom is 0.149 e. The average molecular weight is 358 g/mol. The first-order chi connectivity index (χ1) is 13.9. The van der Waals surface area contributed by atoms with Crippen LogP contribution in [0.25, 0.3) is 49.7 Å². The minimum atomic E-state index is 0.913. The van der Waals surface area contributed by atoms with E-state index >= 15 is 0 Å². The first-order valence-electron chi connectivity index (χ1n) is 9.44. The molecule has 0 radical (unpaired) electrons. The van der Waals surface area contributed by atoms with E-state index in [-0.39, 0.29) is 0 Å². The van der Waals surface area contributed by atoms with Crippen molar-refractivity contribution in [2.45, 2.75) is 6.42 Å². The molecule has 6 aromatic rings. The van der Waals surface area contributed by atoms with Gasteiger partial charge in [-0.05, 0) is 52.6 Å². The molecule has 2 aromatic carbocycles. The third-order valence-electron chi connectivity index (χ3n) is 5.90. The van der Waals surface area contributed by atoms with Gasteiger partial charge < -0.3 is 0 Å². The van der Waals surface area contributed by atoms with Crippen LogP contribution in [0.5, 0.6) is 0 Å². The molecule has 0 fully saturated rings. The van der Waals surface area contributed by atoms with Crippen LogP contribution in [0.3, 0.4) is 0 Å². The van der Waals surface area contributed by atoms with Crippen LogP contribution in [0.1, 0.15) is 11.1 Å². The molecule has 130 valence electrons. The summed E-state index contributed by atoms with van der Waals surface area (Å²) in [5.74, 6) is 0. The van der Waals surface area contributed by atoms with Gasteiger partial charge in [-0.25, -0.2) is 9.97 Å². The van der Waals surface area contributed by atoms with Gasteiger partial charge in [0, 0.05) is 29.6 Å². The second-order valence-electron chi connectivity index (χ2n) is 7.34. The molecule has 4 aromatic heterocycles. The summed E-state index contributed by atoms with van der Waals surface area (Å²) in [7, 11) is 0. The first-order valence-corrected chi connectivity index (χ1v) is 9.44. The highest BCUT2D eigenvalue weighted by Gasteiger charge is 2.24. The number of nitrogens with zero attached hydrogens (tertiary/aromatic N) is 4. The van der Waals surface area contributed by atoms with Gasteiger partial charge in [0.05, 0.1) is 16.6 Å². The number of hydrogen-bond donors (Lipinski definition) is 0. The van der Waals surface area contributed by atoms with Gasteiger partial charge in [-0.15, -0.1) is 0 Å². The Morgan fingerprint density at radius 2 is 1.54 bits per heavy atom. The number of rotatable bonds is 0. The van der Waals surface area contributed by atoms with E-state index in [1.165, 1.54) is 22.3 Å². The molecule has 0 N–H and O–H groups in total. The zero-order valence-corrected chi connectivity index (χ0v) is 14.9. The van der Waals surface area contributed by atoms with Gasteiger partial charge in [0.2, 0.25) is 0 Å². The van der Waals surface area contributed by atoms with Gasteiger partial charge in [0.25, 0.3) is 0 Å². The Bertz CT molecular complexity index is 1590. The standard InChI is InChI=1S/C24H14N4/c1-2-6-15-14(5-1)13-19-16(15)9-10-20-22(19)28-23-17(7-4-12-26-23)21-18(24(28)27-20)8-3-11-25-21/h1-12H,13H2. The highest BCUT2D eigenvalue weighted by atomic mass is 15.1. The molecule has 0 bridgehead atoms. The Hall–Kier alpha value is -3.79. The largest absolute Gasteiger partial charge is 0.275 e. The zero-order chi connectivity index (χ0) is 18.2. The second kappa shape index (κ2) is 4.93. The number of fused-ring (bicyclic) bond motifs is 12. The molecule has 7 rings (SSSR count). The second-order valence-corrected chi connectivity index (χ2v) is 7.34. The molecule has 4 heterocycles. The minimum Gasteiger partial charge on any atom is -0.275 e. The summed E-state index contributed by atoms with van der Waals surface area (Å²) < 4.78 is 2.24. The number of imidazole rings is 1. The molecule has 0 aliphatic heterocycles. The SMILES string of the molecule is c1ccc2c(c1)Cc1c-2ccc2nc3c4cccnc4c4cccnc4n3c12. The van der Waals surface area contributed by atoms with Crippen LogP contribution in [0.2, 0.25) is 0 Å². The molecule has 0 amide bonds. The fourth-order valence-electron chi connectivity index (χ4n) is 4.74. The molecular formula is C24H14N4. The van der Waals surface area contributed by atoms with Crippen molar-refractivity contribution in [2.24, 2.45) is 0 Å². The van der Waals surface area contributed by atoms with Gasteiger partial charge in [-0.3, -0.25) is 9.38 Å². The molecule has 4 nitrogen and oxygen atoms in total. The van der Waals surface area contributed by atoms with Crippen molar-refractivity contribution in [3.05, 3.63) is 84.2 Å². The van der Waals surface area contributed by atoms with Gasteiger partial charge in [-0.1, -0.05) is 30.3 Å². The summed E-state index contributed by atoms with van der Waals surface area (Å²) in [4.78, 5) is 14.4. The predicted molar refractivity (Wildman–Crippen MR) is 112 cm³/mol. The van der Waals surface area contributed by atoms with Gasteiger partial charge in [0.1, 0.15) is 11.3 Å². The van der Waals surface area contributed by atoms with Crippen LogP contribution in [0, 0.1) is 0 Å². The average Bonchev–Trinajstić information content (AvgIpc) is 3.32. The van der Waals surface area contributed by atoms with E-state index in [1.54, 1.807) is 0 Å². The van der Waals surface area contributed by atoms with Crippen LogP contribution >= 0.6 is 0 Å². The zero-order valence-electron chi connectivity index (χ0n) is 14.9.